The lowest BCUT2D eigenvalue weighted by Crippen LogP contribution is -2.14. The molecule has 0 aliphatic rings. The lowest BCUT2D eigenvalue weighted by atomic mass is 10.2. The number of nitrogens with zero attached hydrogens (tertiary/aromatic N) is 1. The predicted octanol–water partition coefficient (Wildman–Crippen LogP) is 4.26. The van der Waals surface area contributed by atoms with Crippen LogP contribution in [0.2, 0.25) is 10.0 Å². The van der Waals surface area contributed by atoms with Gasteiger partial charge < -0.3 is 5.32 Å². The summed E-state index contributed by atoms with van der Waals surface area (Å²) in [6.45, 7) is 0. The minimum Gasteiger partial charge on any atom is -0.325 e. The van der Waals surface area contributed by atoms with Crippen LogP contribution >= 0.6 is 35.0 Å². The van der Waals surface area contributed by atoms with Gasteiger partial charge in [-0.25, -0.2) is 0 Å². The molecule has 2 rings (SSSR count). The molecular formula is C14H12Cl2N2OS. The molecule has 0 aliphatic heterocycles. The lowest BCUT2D eigenvalue weighted by molar-refractivity contribution is -0.113. The smallest absolute Gasteiger partial charge is 0.234 e. The molecule has 1 aromatic carbocycles. The first-order valence-electron chi connectivity index (χ1n) is 5.86. The van der Waals surface area contributed by atoms with Crippen LogP contribution in [0.4, 0.5) is 5.69 Å². The molecule has 0 fully saturated rings. The molecule has 1 heterocycles. The summed E-state index contributed by atoms with van der Waals surface area (Å²) in [5.41, 5.74) is 1.79. The molecule has 0 aliphatic carbocycles. The van der Waals surface area contributed by atoms with E-state index in [2.05, 4.69) is 10.3 Å². The highest BCUT2D eigenvalue weighted by molar-refractivity contribution is 7.99. The van der Waals surface area contributed by atoms with Gasteiger partial charge in [0.1, 0.15) is 0 Å². The van der Waals surface area contributed by atoms with Gasteiger partial charge in [0.05, 0.1) is 15.8 Å². The Kier molecular flexibility index (Phi) is 5.71. The zero-order chi connectivity index (χ0) is 14.4. The van der Waals surface area contributed by atoms with Crippen molar-refractivity contribution in [1.29, 1.82) is 0 Å². The summed E-state index contributed by atoms with van der Waals surface area (Å²) in [5.74, 6) is 1.05. The maximum absolute atomic E-state index is 11.7. The quantitative estimate of drug-likeness (QED) is 0.892. The second kappa shape index (κ2) is 7.53. The summed E-state index contributed by atoms with van der Waals surface area (Å²) >= 11 is 13.3. The van der Waals surface area contributed by atoms with Gasteiger partial charge in [-0.2, -0.15) is 0 Å². The summed E-state index contributed by atoms with van der Waals surface area (Å²) in [7, 11) is 0. The van der Waals surface area contributed by atoms with E-state index in [0.717, 1.165) is 11.3 Å². The van der Waals surface area contributed by atoms with E-state index in [4.69, 9.17) is 23.2 Å². The summed E-state index contributed by atoms with van der Waals surface area (Å²) in [6, 6.07) is 8.99. The Bertz CT molecular complexity index is 593. The molecule has 1 amide bonds. The molecule has 3 nitrogen and oxygen atoms in total. The maximum Gasteiger partial charge on any atom is 0.234 e. The van der Waals surface area contributed by atoms with E-state index in [1.807, 2.05) is 12.1 Å². The van der Waals surface area contributed by atoms with Crippen LogP contribution in [-0.2, 0) is 10.5 Å². The normalized spacial score (nSPS) is 10.3. The van der Waals surface area contributed by atoms with Gasteiger partial charge in [0.25, 0.3) is 0 Å². The van der Waals surface area contributed by atoms with Gasteiger partial charge in [0.15, 0.2) is 0 Å². The van der Waals surface area contributed by atoms with Crippen LogP contribution in [0.15, 0.2) is 42.7 Å². The standard InChI is InChI=1S/C14H12Cl2N2OS/c15-12-2-1-10(7-13(12)16)8-20-9-14(19)18-11-3-5-17-6-4-11/h1-7H,8-9H2,(H,17,18,19). The molecule has 0 saturated carbocycles. The van der Waals surface area contributed by atoms with Crippen molar-refractivity contribution in [2.45, 2.75) is 5.75 Å². The fraction of sp³-hybridized carbons (Fsp3) is 0.143. The Hall–Kier alpha value is -1.23. The molecule has 0 atom stereocenters. The third-order valence-electron chi connectivity index (χ3n) is 2.45. The molecule has 0 unspecified atom stereocenters. The van der Waals surface area contributed by atoms with Crippen molar-refractivity contribution in [2.24, 2.45) is 0 Å². The molecule has 2 aromatic rings. The molecule has 104 valence electrons. The second-order valence-corrected chi connectivity index (χ2v) is 5.83. The number of aromatic nitrogens is 1. The molecule has 20 heavy (non-hydrogen) atoms. The molecule has 0 radical (unpaired) electrons. The van der Waals surface area contributed by atoms with Crippen LogP contribution in [0, 0.1) is 0 Å². The Labute approximate surface area is 131 Å². The molecule has 0 saturated heterocycles. The summed E-state index contributed by atoms with van der Waals surface area (Å²) in [4.78, 5) is 15.6. The first kappa shape index (κ1) is 15.2. The van der Waals surface area contributed by atoms with Gasteiger partial charge in [-0.15, -0.1) is 11.8 Å². The zero-order valence-electron chi connectivity index (χ0n) is 10.5. The van der Waals surface area contributed by atoms with E-state index in [1.54, 1.807) is 30.6 Å². The maximum atomic E-state index is 11.7. The number of carbonyl (C=O) groups excluding carboxylic acids is 1. The third kappa shape index (κ3) is 4.71. The number of pyridine rings is 1. The van der Waals surface area contributed by atoms with Crippen molar-refractivity contribution in [1.82, 2.24) is 4.98 Å². The SMILES string of the molecule is O=C(CSCc1ccc(Cl)c(Cl)c1)Nc1ccncc1. The number of hydrogen-bond donors (Lipinski definition) is 1. The lowest BCUT2D eigenvalue weighted by Gasteiger charge is -2.05. The summed E-state index contributed by atoms with van der Waals surface area (Å²) in [5, 5.41) is 3.87. The van der Waals surface area contributed by atoms with E-state index in [-0.39, 0.29) is 5.91 Å². The highest BCUT2D eigenvalue weighted by atomic mass is 35.5. The minimum absolute atomic E-state index is 0.0405. The van der Waals surface area contributed by atoms with Crippen molar-refractivity contribution in [3.8, 4) is 0 Å². The van der Waals surface area contributed by atoms with Gasteiger partial charge in [0.2, 0.25) is 5.91 Å². The average molecular weight is 327 g/mol. The van der Waals surface area contributed by atoms with Crippen LogP contribution in [0.25, 0.3) is 0 Å². The summed E-state index contributed by atoms with van der Waals surface area (Å²) in [6.07, 6.45) is 3.27. The van der Waals surface area contributed by atoms with E-state index in [0.29, 0.717) is 21.6 Å². The number of carbonyl (C=O) groups is 1. The van der Waals surface area contributed by atoms with E-state index in [1.165, 1.54) is 11.8 Å². The number of amides is 1. The molecule has 1 N–H and O–H groups in total. The highest BCUT2D eigenvalue weighted by Gasteiger charge is 2.04. The number of thioether (sulfide) groups is 1. The first-order valence-corrected chi connectivity index (χ1v) is 7.78. The largest absolute Gasteiger partial charge is 0.325 e. The Morgan fingerprint density at radius 3 is 2.60 bits per heavy atom. The second-order valence-electron chi connectivity index (χ2n) is 4.03. The minimum atomic E-state index is -0.0405. The van der Waals surface area contributed by atoms with Crippen LogP contribution in [0.3, 0.4) is 0 Å². The van der Waals surface area contributed by atoms with Gasteiger partial charge >= 0.3 is 0 Å². The summed E-state index contributed by atoms with van der Waals surface area (Å²) < 4.78 is 0. The molecular weight excluding hydrogens is 315 g/mol. The number of nitrogens with one attached hydrogen (secondary N) is 1. The number of anilines is 1. The number of rotatable bonds is 5. The number of benzene rings is 1. The zero-order valence-corrected chi connectivity index (χ0v) is 12.8. The van der Waals surface area contributed by atoms with Crippen molar-refractivity contribution < 1.29 is 4.79 Å². The first-order chi connectivity index (χ1) is 9.65. The van der Waals surface area contributed by atoms with Crippen molar-refractivity contribution >= 4 is 46.6 Å². The fourth-order valence-corrected chi connectivity index (χ4v) is 2.62. The topological polar surface area (TPSA) is 42.0 Å². The highest BCUT2D eigenvalue weighted by Crippen LogP contribution is 2.24. The third-order valence-corrected chi connectivity index (χ3v) is 4.19. The van der Waals surface area contributed by atoms with Gasteiger partial charge in [-0.1, -0.05) is 29.3 Å². The number of hydrogen-bond acceptors (Lipinski definition) is 3. The Morgan fingerprint density at radius 2 is 1.90 bits per heavy atom. The molecule has 6 heteroatoms. The van der Waals surface area contributed by atoms with Gasteiger partial charge in [0, 0.05) is 23.8 Å². The molecule has 0 spiro atoms. The monoisotopic (exact) mass is 326 g/mol. The van der Waals surface area contributed by atoms with Crippen LogP contribution in [0.5, 0.6) is 0 Å². The molecule has 0 bridgehead atoms. The molecule has 1 aromatic heterocycles. The van der Waals surface area contributed by atoms with Crippen molar-refractivity contribution in [2.75, 3.05) is 11.1 Å². The van der Waals surface area contributed by atoms with Gasteiger partial charge in [-0.3, -0.25) is 9.78 Å². The van der Waals surface area contributed by atoms with Crippen LogP contribution in [-0.4, -0.2) is 16.6 Å². The number of halogens is 2. The fourth-order valence-electron chi connectivity index (χ4n) is 1.52. The van der Waals surface area contributed by atoms with E-state index < -0.39 is 0 Å². The average Bonchev–Trinajstić information content (AvgIpc) is 2.44. The predicted molar refractivity (Wildman–Crippen MR) is 85.5 cm³/mol. The van der Waals surface area contributed by atoms with Crippen LogP contribution < -0.4 is 5.32 Å². The Balaban J connectivity index is 1.78. The Morgan fingerprint density at radius 1 is 1.15 bits per heavy atom. The van der Waals surface area contributed by atoms with E-state index >= 15 is 0 Å². The van der Waals surface area contributed by atoms with Crippen molar-refractivity contribution in [3.05, 3.63) is 58.3 Å². The van der Waals surface area contributed by atoms with Gasteiger partial charge in [-0.05, 0) is 29.8 Å². The van der Waals surface area contributed by atoms with Crippen molar-refractivity contribution in [3.63, 3.8) is 0 Å². The van der Waals surface area contributed by atoms with Crippen LogP contribution in [0.1, 0.15) is 5.56 Å². The van der Waals surface area contributed by atoms with E-state index in [9.17, 15) is 4.79 Å².